The molecular weight excluding hydrogens is 260 g/mol. The number of aromatic amines is 1. The van der Waals surface area contributed by atoms with E-state index in [2.05, 4.69) is 14.9 Å². The fourth-order valence-corrected chi connectivity index (χ4v) is 1.99. The minimum atomic E-state index is -0.701. The van der Waals surface area contributed by atoms with Crippen molar-refractivity contribution in [3.8, 4) is 11.3 Å². The van der Waals surface area contributed by atoms with Crippen LogP contribution in [0.5, 0.6) is 0 Å². The van der Waals surface area contributed by atoms with Crippen molar-refractivity contribution in [2.45, 2.75) is 0 Å². The lowest BCUT2D eigenvalue weighted by Crippen LogP contribution is -2.16. The number of fused-ring (bicyclic) bond motifs is 1. The predicted octanol–water partition coefficient (Wildman–Crippen LogP) is 1.97. The molecule has 0 bridgehead atoms. The number of hydrogen-bond acceptors (Lipinski definition) is 5. The Morgan fingerprint density at radius 2 is 2.05 bits per heavy atom. The van der Waals surface area contributed by atoms with E-state index in [9.17, 15) is 9.59 Å². The van der Waals surface area contributed by atoms with Crippen LogP contribution in [-0.4, -0.2) is 23.2 Å². The lowest BCUT2D eigenvalue weighted by atomic mass is 10.1. The number of H-pyrrole nitrogens is 1. The van der Waals surface area contributed by atoms with Crippen LogP contribution in [0.15, 0.2) is 45.8 Å². The Morgan fingerprint density at radius 3 is 2.75 bits per heavy atom. The Kier molecular flexibility index (Phi) is 2.83. The minimum absolute atomic E-state index is 0.0830. The number of carbonyl (C=O) groups is 1. The molecule has 0 fully saturated rings. The number of carbonyl (C=O) groups excluding carboxylic acids is 1. The van der Waals surface area contributed by atoms with Gasteiger partial charge in [0.1, 0.15) is 16.6 Å². The molecule has 0 saturated heterocycles. The number of methoxy groups -OCH3 is 1. The van der Waals surface area contributed by atoms with Gasteiger partial charge in [-0.3, -0.25) is 4.79 Å². The lowest BCUT2D eigenvalue weighted by molar-refractivity contribution is 0.0599. The van der Waals surface area contributed by atoms with Gasteiger partial charge in [-0.1, -0.05) is 35.5 Å². The minimum Gasteiger partial charge on any atom is -0.465 e. The van der Waals surface area contributed by atoms with Crippen LogP contribution in [0.25, 0.3) is 22.4 Å². The number of ether oxygens (including phenoxy) is 1. The molecule has 6 heteroatoms. The molecule has 1 aromatic carbocycles. The average Bonchev–Trinajstić information content (AvgIpc) is 2.92. The van der Waals surface area contributed by atoms with Crippen molar-refractivity contribution < 1.29 is 14.1 Å². The molecule has 2 aromatic heterocycles. The lowest BCUT2D eigenvalue weighted by Gasteiger charge is -1.99. The van der Waals surface area contributed by atoms with E-state index in [0.717, 1.165) is 5.56 Å². The molecule has 3 rings (SSSR count). The zero-order valence-corrected chi connectivity index (χ0v) is 10.5. The van der Waals surface area contributed by atoms with Crippen molar-refractivity contribution in [1.29, 1.82) is 0 Å². The van der Waals surface area contributed by atoms with Gasteiger partial charge in [-0.2, -0.15) is 0 Å². The van der Waals surface area contributed by atoms with Gasteiger partial charge in [0, 0.05) is 11.8 Å². The summed E-state index contributed by atoms with van der Waals surface area (Å²) in [5.74, 6) is -0.701. The molecule has 0 radical (unpaired) electrons. The third-order valence-electron chi connectivity index (χ3n) is 2.96. The number of hydrogen-bond donors (Lipinski definition) is 1. The highest BCUT2D eigenvalue weighted by Gasteiger charge is 2.20. The zero-order valence-electron chi connectivity index (χ0n) is 10.5. The van der Waals surface area contributed by atoms with Crippen molar-refractivity contribution >= 4 is 17.1 Å². The highest BCUT2D eigenvalue weighted by molar-refractivity contribution is 5.96. The molecule has 3 aromatic rings. The first-order chi connectivity index (χ1) is 9.72. The van der Waals surface area contributed by atoms with E-state index in [1.807, 2.05) is 30.3 Å². The van der Waals surface area contributed by atoms with Gasteiger partial charge in [-0.05, 0) is 0 Å². The first-order valence-corrected chi connectivity index (χ1v) is 5.87. The van der Waals surface area contributed by atoms with Gasteiger partial charge < -0.3 is 14.2 Å². The van der Waals surface area contributed by atoms with E-state index in [1.165, 1.54) is 13.3 Å². The summed E-state index contributed by atoms with van der Waals surface area (Å²) < 4.78 is 9.67. The van der Waals surface area contributed by atoms with Crippen LogP contribution in [0.3, 0.4) is 0 Å². The summed E-state index contributed by atoms with van der Waals surface area (Å²) in [4.78, 5) is 26.7. The number of rotatable bonds is 2. The molecule has 0 atom stereocenters. The predicted molar refractivity (Wildman–Crippen MR) is 71.4 cm³/mol. The van der Waals surface area contributed by atoms with E-state index >= 15 is 0 Å². The van der Waals surface area contributed by atoms with E-state index in [1.54, 1.807) is 0 Å². The second-order valence-electron chi connectivity index (χ2n) is 4.12. The first kappa shape index (κ1) is 12.2. The number of pyridine rings is 1. The van der Waals surface area contributed by atoms with Crippen molar-refractivity contribution in [3.05, 3.63) is 52.3 Å². The topological polar surface area (TPSA) is 85.2 Å². The summed E-state index contributed by atoms with van der Waals surface area (Å²) in [5, 5.41) is 4.13. The molecule has 0 amide bonds. The monoisotopic (exact) mass is 270 g/mol. The first-order valence-electron chi connectivity index (χ1n) is 5.87. The van der Waals surface area contributed by atoms with Gasteiger partial charge >= 0.3 is 5.97 Å². The van der Waals surface area contributed by atoms with Crippen molar-refractivity contribution in [2.75, 3.05) is 7.11 Å². The SMILES string of the molecule is COC(=O)c1c[nH]c2onc(-c3ccccc3)c2c1=O. The number of aromatic nitrogens is 2. The molecule has 100 valence electrons. The number of nitrogens with zero attached hydrogens (tertiary/aromatic N) is 1. The Morgan fingerprint density at radius 1 is 1.30 bits per heavy atom. The van der Waals surface area contributed by atoms with E-state index in [0.29, 0.717) is 5.69 Å². The number of nitrogens with one attached hydrogen (secondary N) is 1. The molecule has 0 saturated carbocycles. The third-order valence-corrected chi connectivity index (χ3v) is 2.96. The van der Waals surface area contributed by atoms with Crippen molar-refractivity contribution in [1.82, 2.24) is 10.1 Å². The second kappa shape index (κ2) is 4.65. The summed E-state index contributed by atoms with van der Waals surface area (Å²) in [7, 11) is 1.22. The molecule has 0 aliphatic heterocycles. The Labute approximate surface area is 113 Å². The van der Waals surface area contributed by atoms with Crippen LogP contribution < -0.4 is 5.43 Å². The highest BCUT2D eigenvalue weighted by Crippen LogP contribution is 2.24. The van der Waals surface area contributed by atoms with Crippen LogP contribution in [-0.2, 0) is 4.74 Å². The zero-order chi connectivity index (χ0) is 14.1. The molecule has 1 N–H and O–H groups in total. The molecule has 2 heterocycles. The molecular formula is C14H10N2O4. The smallest absolute Gasteiger partial charge is 0.343 e. The van der Waals surface area contributed by atoms with E-state index < -0.39 is 11.4 Å². The van der Waals surface area contributed by atoms with Crippen molar-refractivity contribution in [3.63, 3.8) is 0 Å². The van der Waals surface area contributed by atoms with Gasteiger partial charge in [0.05, 0.1) is 7.11 Å². The fourth-order valence-electron chi connectivity index (χ4n) is 1.99. The Balaban J connectivity index is 2.31. The molecule has 0 unspecified atom stereocenters. The van der Waals surface area contributed by atoms with Gasteiger partial charge in [0.15, 0.2) is 0 Å². The maximum Gasteiger partial charge on any atom is 0.343 e. The van der Waals surface area contributed by atoms with Crippen LogP contribution in [0.4, 0.5) is 0 Å². The third kappa shape index (κ3) is 1.78. The molecule has 0 aliphatic rings. The largest absolute Gasteiger partial charge is 0.465 e. The molecule has 0 aliphatic carbocycles. The number of benzene rings is 1. The maximum absolute atomic E-state index is 12.4. The quantitative estimate of drug-likeness (QED) is 0.719. The molecule has 20 heavy (non-hydrogen) atoms. The summed E-state index contributed by atoms with van der Waals surface area (Å²) in [6.45, 7) is 0. The van der Waals surface area contributed by atoms with Crippen LogP contribution >= 0.6 is 0 Å². The summed E-state index contributed by atoms with van der Waals surface area (Å²) >= 11 is 0. The van der Waals surface area contributed by atoms with Crippen LogP contribution in [0, 0.1) is 0 Å². The summed E-state index contributed by atoms with van der Waals surface area (Å²) in [6, 6.07) is 9.13. The Bertz CT molecular complexity index is 833. The van der Waals surface area contributed by atoms with Gasteiger partial charge in [-0.25, -0.2) is 4.79 Å². The van der Waals surface area contributed by atoms with Gasteiger partial charge in [-0.15, -0.1) is 0 Å². The van der Waals surface area contributed by atoms with E-state index in [-0.39, 0.29) is 16.7 Å². The second-order valence-corrected chi connectivity index (χ2v) is 4.12. The van der Waals surface area contributed by atoms with Crippen LogP contribution in [0.2, 0.25) is 0 Å². The van der Waals surface area contributed by atoms with Gasteiger partial charge in [0.25, 0.3) is 0 Å². The highest BCUT2D eigenvalue weighted by atomic mass is 16.5. The van der Waals surface area contributed by atoms with E-state index in [4.69, 9.17) is 4.52 Å². The molecule has 6 nitrogen and oxygen atoms in total. The fraction of sp³-hybridized carbons (Fsp3) is 0.0714. The Hall–Kier alpha value is -2.89. The average molecular weight is 270 g/mol. The van der Waals surface area contributed by atoms with Crippen LogP contribution in [0.1, 0.15) is 10.4 Å². The standard InChI is InChI=1S/C14H10N2O4/c1-19-14(18)9-7-15-13-10(12(9)17)11(16-20-13)8-5-3-2-4-6-8/h2-7H,1H3,(H,15,17). The summed E-state index contributed by atoms with van der Waals surface area (Å²) in [6.07, 6.45) is 1.26. The van der Waals surface area contributed by atoms with Crippen molar-refractivity contribution in [2.24, 2.45) is 0 Å². The van der Waals surface area contributed by atoms with Gasteiger partial charge in [0.2, 0.25) is 11.1 Å². The maximum atomic E-state index is 12.4. The number of esters is 1. The normalized spacial score (nSPS) is 10.7. The molecule has 0 spiro atoms. The summed E-state index contributed by atoms with van der Waals surface area (Å²) in [5.41, 5.74) is 0.805.